The van der Waals surface area contributed by atoms with Gasteiger partial charge >= 0.3 is 5.97 Å². The third kappa shape index (κ3) is 2.08. The van der Waals surface area contributed by atoms with E-state index in [0.717, 1.165) is 0 Å². The van der Waals surface area contributed by atoms with Gasteiger partial charge in [0.1, 0.15) is 6.07 Å². The zero-order valence-corrected chi connectivity index (χ0v) is 6.79. The van der Waals surface area contributed by atoms with E-state index < -0.39 is 5.97 Å². The topological polar surface area (TPSA) is 78.8 Å². The van der Waals surface area contributed by atoms with E-state index >= 15 is 0 Å². The van der Waals surface area contributed by atoms with Crippen molar-refractivity contribution in [3.05, 3.63) is 17.5 Å². The Bertz CT molecular complexity index is 417. The van der Waals surface area contributed by atoms with Crippen molar-refractivity contribution >= 4 is 5.97 Å². The molecule has 0 bridgehead atoms. The highest BCUT2D eigenvalue weighted by atomic mass is 16.5. The maximum absolute atomic E-state index is 10.6. The van der Waals surface area contributed by atoms with E-state index in [9.17, 15) is 4.79 Å². The van der Waals surface area contributed by atoms with Crippen molar-refractivity contribution in [1.29, 1.82) is 5.26 Å². The Morgan fingerprint density at radius 3 is 3.15 bits per heavy atom. The third-order valence-electron chi connectivity index (χ3n) is 1.24. The zero-order valence-electron chi connectivity index (χ0n) is 6.79. The predicted molar refractivity (Wildman–Crippen MR) is 42.2 cm³/mol. The van der Waals surface area contributed by atoms with Crippen LogP contribution in [0, 0.1) is 23.2 Å². The summed E-state index contributed by atoms with van der Waals surface area (Å²) >= 11 is 0. The maximum Gasteiger partial charge on any atom is 0.384 e. The van der Waals surface area contributed by atoms with Gasteiger partial charge in [-0.05, 0) is 0 Å². The van der Waals surface area contributed by atoms with Crippen LogP contribution in [0.25, 0.3) is 0 Å². The molecule has 0 aliphatic rings. The SMILES string of the molecule is COC(=O)C#Cc1cn[nH]c1C#N. The molecule has 1 aromatic heterocycles. The highest BCUT2D eigenvalue weighted by Crippen LogP contribution is 1.99. The highest BCUT2D eigenvalue weighted by molar-refractivity contribution is 5.89. The summed E-state index contributed by atoms with van der Waals surface area (Å²) in [4.78, 5) is 10.6. The lowest BCUT2D eigenvalue weighted by Gasteiger charge is -1.83. The summed E-state index contributed by atoms with van der Waals surface area (Å²) in [5, 5.41) is 14.6. The molecular formula is C8H5N3O2. The van der Waals surface area contributed by atoms with Crippen LogP contribution in [-0.2, 0) is 9.53 Å². The molecule has 0 saturated carbocycles. The molecule has 1 rings (SSSR count). The lowest BCUT2D eigenvalue weighted by molar-refractivity contribution is -0.133. The van der Waals surface area contributed by atoms with Crippen LogP contribution in [0.15, 0.2) is 6.20 Å². The number of aromatic amines is 1. The van der Waals surface area contributed by atoms with Crippen LogP contribution in [0.2, 0.25) is 0 Å². The fourth-order valence-corrected chi connectivity index (χ4v) is 0.636. The van der Waals surface area contributed by atoms with Gasteiger partial charge in [0.05, 0.1) is 18.9 Å². The number of carbonyl (C=O) groups is 1. The molecule has 5 nitrogen and oxygen atoms in total. The summed E-state index contributed by atoms with van der Waals surface area (Å²) in [7, 11) is 1.23. The fourth-order valence-electron chi connectivity index (χ4n) is 0.636. The molecule has 0 radical (unpaired) electrons. The standard InChI is InChI=1S/C8H5N3O2/c1-13-8(12)3-2-6-5-10-11-7(6)4-9/h5H,1H3,(H,10,11). The van der Waals surface area contributed by atoms with Crippen molar-refractivity contribution in [1.82, 2.24) is 10.2 Å². The summed E-state index contributed by atoms with van der Waals surface area (Å²) < 4.78 is 4.30. The van der Waals surface area contributed by atoms with Gasteiger partial charge in [0.25, 0.3) is 0 Å². The molecule has 0 unspecified atom stereocenters. The van der Waals surface area contributed by atoms with Crippen molar-refractivity contribution in [2.75, 3.05) is 7.11 Å². The van der Waals surface area contributed by atoms with Crippen LogP contribution in [0.3, 0.4) is 0 Å². The first-order chi connectivity index (χ1) is 6.27. The van der Waals surface area contributed by atoms with Crippen LogP contribution in [0.1, 0.15) is 11.3 Å². The van der Waals surface area contributed by atoms with Crippen molar-refractivity contribution in [3.8, 4) is 17.9 Å². The average molecular weight is 175 g/mol. The number of H-pyrrole nitrogens is 1. The number of nitrogens with zero attached hydrogens (tertiary/aromatic N) is 2. The number of nitrogens with one attached hydrogen (secondary N) is 1. The van der Waals surface area contributed by atoms with Gasteiger partial charge in [0.15, 0.2) is 5.69 Å². The van der Waals surface area contributed by atoms with E-state index in [2.05, 4.69) is 26.8 Å². The summed E-state index contributed by atoms with van der Waals surface area (Å²) in [6.07, 6.45) is 1.37. The number of hydrogen-bond donors (Lipinski definition) is 1. The summed E-state index contributed by atoms with van der Waals surface area (Å²) in [6.45, 7) is 0. The zero-order chi connectivity index (χ0) is 9.68. The van der Waals surface area contributed by atoms with Gasteiger partial charge in [-0.15, -0.1) is 0 Å². The summed E-state index contributed by atoms with van der Waals surface area (Å²) in [5.74, 6) is 3.99. The number of hydrogen-bond acceptors (Lipinski definition) is 4. The first kappa shape index (κ1) is 8.82. The van der Waals surface area contributed by atoms with Gasteiger partial charge in [-0.1, -0.05) is 5.92 Å². The Hall–Kier alpha value is -2.27. The summed E-state index contributed by atoms with van der Waals surface area (Å²) in [5.41, 5.74) is 0.615. The molecule has 0 aromatic carbocycles. The molecule has 0 fully saturated rings. The number of rotatable bonds is 0. The lowest BCUT2D eigenvalue weighted by Crippen LogP contribution is -1.94. The Balaban J connectivity index is 2.90. The van der Waals surface area contributed by atoms with Crippen LogP contribution >= 0.6 is 0 Å². The third-order valence-corrected chi connectivity index (χ3v) is 1.24. The lowest BCUT2D eigenvalue weighted by atomic mass is 10.3. The normalized spacial score (nSPS) is 8.00. The molecule has 1 aromatic rings. The van der Waals surface area contributed by atoms with Crippen LogP contribution in [0.4, 0.5) is 0 Å². The van der Waals surface area contributed by atoms with E-state index in [1.54, 1.807) is 0 Å². The average Bonchev–Trinajstić information content (AvgIpc) is 2.61. The molecule has 0 saturated heterocycles. The van der Waals surface area contributed by atoms with Gasteiger partial charge in [0, 0.05) is 5.92 Å². The smallest absolute Gasteiger partial charge is 0.384 e. The molecule has 0 atom stereocenters. The maximum atomic E-state index is 10.6. The molecule has 1 heterocycles. The van der Waals surface area contributed by atoms with Crippen molar-refractivity contribution < 1.29 is 9.53 Å². The predicted octanol–water partition coefficient (Wildman–Crippen LogP) is -0.194. The second-order valence-electron chi connectivity index (χ2n) is 2.01. The first-order valence-corrected chi connectivity index (χ1v) is 3.31. The van der Waals surface area contributed by atoms with E-state index in [1.165, 1.54) is 13.3 Å². The van der Waals surface area contributed by atoms with Crippen molar-refractivity contribution in [2.45, 2.75) is 0 Å². The van der Waals surface area contributed by atoms with Gasteiger partial charge in [0.2, 0.25) is 0 Å². The van der Waals surface area contributed by atoms with Crippen LogP contribution in [0.5, 0.6) is 0 Å². The van der Waals surface area contributed by atoms with Crippen molar-refractivity contribution in [3.63, 3.8) is 0 Å². The molecule has 13 heavy (non-hydrogen) atoms. The van der Waals surface area contributed by atoms with E-state index in [-0.39, 0.29) is 5.69 Å². The summed E-state index contributed by atoms with van der Waals surface area (Å²) in [6, 6.07) is 1.84. The highest BCUT2D eigenvalue weighted by Gasteiger charge is 2.00. The number of ether oxygens (including phenoxy) is 1. The van der Waals surface area contributed by atoms with Crippen LogP contribution < -0.4 is 0 Å². The quantitative estimate of drug-likeness (QED) is 0.437. The molecule has 64 valence electrons. The Kier molecular flexibility index (Phi) is 2.67. The second kappa shape index (κ2) is 3.93. The Labute approximate surface area is 74.3 Å². The minimum Gasteiger partial charge on any atom is -0.459 e. The Morgan fingerprint density at radius 1 is 1.77 bits per heavy atom. The number of esters is 1. The molecule has 5 heteroatoms. The van der Waals surface area contributed by atoms with E-state index in [0.29, 0.717) is 5.56 Å². The Morgan fingerprint density at radius 2 is 2.54 bits per heavy atom. The first-order valence-electron chi connectivity index (χ1n) is 3.31. The minimum atomic E-state index is -0.648. The molecule has 0 aliphatic carbocycles. The molecular weight excluding hydrogens is 170 g/mol. The molecule has 1 N–H and O–H groups in total. The number of aromatic nitrogens is 2. The fraction of sp³-hybridized carbons (Fsp3) is 0.125. The second-order valence-corrected chi connectivity index (χ2v) is 2.01. The van der Waals surface area contributed by atoms with E-state index in [4.69, 9.17) is 5.26 Å². The van der Waals surface area contributed by atoms with Gasteiger partial charge < -0.3 is 4.74 Å². The number of carbonyl (C=O) groups excluding carboxylic acids is 1. The number of nitriles is 1. The van der Waals surface area contributed by atoms with Crippen LogP contribution in [-0.4, -0.2) is 23.3 Å². The molecule has 0 spiro atoms. The van der Waals surface area contributed by atoms with Crippen molar-refractivity contribution in [2.24, 2.45) is 0 Å². The molecule has 0 aliphatic heterocycles. The number of methoxy groups -OCH3 is 1. The van der Waals surface area contributed by atoms with Gasteiger partial charge in [-0.2, -0.15) is 10.4 Å². The largest absolute Gasteiger partial charge is 0.459 e. The minimum absolute atomic E-state index is 0.233. The van der Waals surface area contributed by atoms with Gasteiger partial charge in [-0.25, -0.2) is 4.79 Å². The van der Waals surface area contributed by atoms with E-state index in [1.807, 2.05) is 6.07 Å². The molecule has 0 amide bonds. The monoisotopic (exact) mass is 175 g/mol. The van der Waals surface area contributed by atoms with Gasteiger partial charge in [-0.3, -0.25) is 5.10 Å².